The lowest BCUT2D eigenvalue weighted by atomic mass is 9.72. The standard InChI is InChI=1S/C11H20N2/c1-10(2)13-6-4-11(5-7-13)8-12(3)9-11/h1,4-9H2,2-3H3. The van der Waals surface area contributed by atoms with Crippen molar-refractivity contribution in [2.45, 2.75) is 19.8 Å². The van der Waals surface area contributed by atoms with Gasteiger partial charge in [0.05, 0.1) is 0 Å². The summed E-state index contributed by atoms with van der Waals surface area (Å²) in [4.78, 5) is 4.85. The second-order valence-corrected chi connectivity index (χ2v) is 4.89. The number of nitrogens with zero attached hydrogens (tertiary/aromatic N) is 2. The van der Waals surface area contributed by atoms with E-state index in [1.165, 1.54) is 44.7 Å². The van der Waals surface area contributed by atoms with E-state index in [2.05, 4.69) is 30.4 Å². The monoisotopic (exact) mass is 180 g/mol. The number of rotatable bonds is 1. The van der Waals surface area contributed by atoms with Crippen molar-refractivity contribution in [3.05, 3.63) is 12.3 Å². The van der Waals surface area contributed by atoms with Crippen molar-refractivity contribution in [3.63, 3.8) is 0 Å². The first-order valence-electron chi connectivity index (χ1n) is 5.20. The van der Waals surface area contributed by atoms with Crippen molar-refractivity contribution in [1.29, 1.82) is 0 Å². The largest absolute Gasteiger partial charge is 0.375 e. The van der Waals surface area contributed by atoms with Crippen molar-refractivity contribution in [2.24, 2.45) is 5.41 Å². The Morgan fingerprint density at radius 1 is 1.23 bits per heavy atom. The molecule has 2 heterocycles. The van der Waals surface area contributed by atoms with Crippen LogP contribution < -0.4 is 0 Å². The molecule has 13 heavy (non-hydrogen) atoms. The maximum Gasteiger partial charge on any atom is 0.0180 e. The van der Waals surface area contributed by atoms with Gasteiger partial charge < -0.3 is 9.80 Å². The summed E-state index contributed by atoms with van der Waals surface area (Å²) in [5.41, 5.74) is 1.92. The van der Waals surface area contributed by atoms with Crippen molar-refractivity contribution in [3.8, 4) is 0 Å². The Hall–Kier alpha value is -0.500. The minimum Gasteiger partial charge on any atom is -0.375 e. The second-order valence-electron chi connectivity index (χ2n) is 4.89. The summed E-state index contributed by atoms with van der Waals surface area (Å²) in [6, 6.07) is 0. The fourth-order valence-electron chi connectivity index (χ4n) is 2.78. The van der Waals surface area contributed by atoms with Crippen LogP contribution >= 0.6 is 0 Å². The highest BCUT2D eigenvalue weighted by atomic mass is 15.2. The lowest BCUT2D eigenvalue weighted by molar-refractivity contribution is -0.0247. The summed E-state index contributed by atoms with van der Waals surface area (Å²) in [5, 5.41) is 0. The minimum atomic E-state index is 0.681. The third-order valence-electron chi connectivity index (χ3n) is 3.57. The van der Waals surface area contributed by atoms with Gasteiger partial charge in [0.1, 0.15) is 0 Å². The molecule has 0 bridgehead atoms. The zero-order valence-corrected chi connectivity index (χ0v) is 8.84. The Morgan fingerprint density at radius 2 is 1.77 bits per heavy atom. The van der Waals surface area contributed by atoms with E-state index >= 15 is 0 Å². The Morgan fingerprint density at radius 3 is 2.15 bits per heavy atom. The van der Waals surface area contributed by atoms with Gasteiger partial charge >= 0.3 is 0 Å². The van der Waals surface area contributed by atoms with Crippen LogP contribution in [0.5, 0.6) is 0 Å². The van der Waals surface area contributed by atoms with Crippen LogP contribution in [0, 0.1) is 5.41 Å². The molecule has 0 unspecified atom stereocenters. The van der Waals surface area contributed by atoms with Gasteiger partial charge in [0.15, 0.2) is 0 Å². The first-order chi connectivity index (χ1) is 6.11. The highest BCUT2D eigenvalue weighted by Gasteiger charge is 2.42. The molecule has 0 saturated carbocycles. The van der Waals surface area contributed by atoms with E-state index in [-0.39, 0.29) is 0 Å². The lowest BCUT2D eigenvalue weighted by Gasteiger charge is -2.53. The molecule has 0 aromatic heterocycles. The van der Waals surface area contributed by atoms with Crippen molar-refractivity contribution < 1.29 is 0 Å². The molecular weight excluding hydrogens is 160 g/mol. The summed E-state index contributed by atoms with van der Waals surface area (Å²) in [5.74, 6) is 0. The Kier molecular flexibility index (Phi) is 2.11. The molecule has 0 radical (unpaired) electrons. The van der Waals surface area contributed by atoms with Gasteiger partial charge in [-0.05, 0) is 32.2 Å². The van der Waals surface area contributed by atoms with Crippen molar-refractivity contribution in [1.82, 2.24) is 9.80 Å². The molecule has 2 aliphatic heterocycles. The van der Waals surface area contributed by atoms with Gasteiger partial charge in [-0.25, -0.2) is 0 Å². The molecule has 0 N–H and O–H groups in total. The number of likely N-dealkylation sites (tertiary alicyclic amines) is 2. The van der Waals surface area contributed by atoms with Gasteiger partial charge in [-0.2, -0.15) is 0 Å². The smallest absolute Gasteiger partial charge is 0.0180 e. The van der Waals surface area contributed by atoms with Crippen molar-refractivity contribution >= 4 is 0 Å². The summed E-state index contributed by atoms with van der Waals surface area (Å²) >= 11 is 0. The zero-order chi connectivity index (χ0) is 9.47. The lowest BCUT2D eigenvalue weighted by Crippen LogP contribution is -2.58. The maximum absolute atomic E-state index is 4.00. The normalized spacial score (nSPS) is 27.4. The molecule has 1 spiro atoms. The van der Waals surface area contributed by atoms with Gasteiger partial charge in [-0.3, -0.25) is 0 Å². The predicted octanol–water partition coefficient (Wildman–Crippen LogP) is 1.55. The van der Waals surface area contributed by atoms with E-state index in [1.54, 1.807) is 0 Å². The van der Waals surface area contributed by atoms with E-state index in [0.29, 0.717) is 5.41 Å². The highest BCUT2D eigenvalue weighted by molar-refractivity contribution is 5.00. The van der Waals surface area contributed by atoms with Crippen LogP contribution in [0.15, 0.2) is 12.3 Å². The molecule has 2 nitrogen and oxygen atoms in total. The molecule has 0 aromatic carbocycles. The summed E-state index contributed by atoms with van der Waals surface area (Å²) in [7, 11) is 2.22. The number of piperidine rings is 1. The van der Waals surface area contributed by atoms with E-state index < -0.39 is 0 Å². The minimum absolute atomic E-state index is 0.681. The summed E-state index contributed by atoms with van der Waals surface area (Å²) in [6.07, 6.45) is 2.73. The zero-order valence-electron chi connectivity index (χ0n) is 8.84. The van der Waals surface area contributed by atoms with Gasteiger partial charge in [0.25, 0.3) is 0 Å². The quantitative estimate of drug-likeness (QED) is 0.604. The average molecular weight is 180 g/mol. The highest BCUT2D eigenvalue weighted by Crippen LogP contribution is 2.39. The average Bonchev–Trinajstić information content (AvgIpc) is 2.03. The Bertz CT molecular complexity index is 206. The molecule has 2 saturated heterocycles. The van der Waals surface area contributed by atoms with E-state index in [0.717, 1.165) is 0 Å². The molecule has 0 aromatic rings. The first-order valence-corrected chi connectivity index (χ1v) is 5.20. The number of allylic oxidation sites excluding steroid dienone is 1. The van der Waals surface area contributed by atoms with Gasteiger partial charge in [-0.1, -0.05) is 6.58 Å². The fourth-order valence-corrected chi connectivity index (χ4v) is 2.78. The molecule has 0 amide bonds. The van der Waals surface area contributed by atoms with Crippen LogP contribution in [0.1, 0.15) is 19.8 Å². The molecule has 74 valence electrons. The SMILES string of the molecule is C=C(C)N1CCC2(CC1)CN(C)C2. The Labute approximate surface area is 81.2 Å². The molecular formula is C11H20N2. The van der Waals surface area contributed by atoms with E-state index in [4.69, 9.17) is 0 Å². The van der Waals surface area contributed by atoms with Crippen LogP contribution in [-0.4, -0.2) is 43.0 Å². The van der Waals surface area contributed by atoms with Crippen LogP contribution in [0.25, 0.3) is 0 Å². The molecule has 2 heteroatoms. The number of hydrogen-bond donors (Lipinski definition) is 0. The topological polar surface area (TPSA) is 6.48 Å². The number of hydrogen-bond acceptors (Lipinski definition) is 2. The third-order valence-corrected chi connectivity index (χ3v) is 3.57. The van der Waals surface area contributed by atoms with Gasteiger partial charge in [0.2, 0.25) is 0 Å². The summed E-state index contributed by atoms with van der Waals surface area (Å²) < 4.78 is 0. The van der Waals surface area contributed by atoms with Gasteiger partial charge in [0, 0.05) is 31.9 Å². The molecule has 2 rings (SSSR count). The van der Waals surface area contributed by atoms with Crippen LogP contribution in [0.2, 0.25) is 0 Å². The summed E-state index contributed by atoms with van der Waals surface area (Å²) in [6.45, 7) is 11.2. The second kappa shape index (κ2) is 3.02. The Balaban J connectivity index is 1.86. The van der Waals surface area contributed by atoms with E-state index in [9.17, 15) is 0 Å². The maximum atomic E-state index is 4.00. The third kappa shape index (κ3) is 1.60. The fraction of sp³-hybridized carbons (Fsp3) is 0.818. The first kappa shape index (κ1) is 9.07. The van der Waals surface area contributed by atoms with Crippen LogP contribution in [0.3, 0.4) is 0 Å². The van der Waals surface area contributed by atoms with Crippen molar-refractivity contribution in [2.75, 3.05) is 33.2 Å². The van der Waals surface area contributed by atoms with Crippen LogP contribution in [-0.2, 0) is 0 Å². The predicted molar refractivity (Wildman–Crippen MR) is 55.6 cm³/mol. The molecule has 2 aliphatic rings. The van der Waals surface area contributed by atoms with E-state index in [1.807, 2.05) is 0 Å². The molecule has 0 atom stereocenters. The van der Waals surface area contributed by atoms with Crippen LogP contribution in [0.4, 0.5) is 0 Å². The molecule has 0 aliphatic carbocycles. The molecule has 2 fully saturated rings. The van der Waals surface area contributed by atoms with Gasteiger partial charge in [-0.15, -0.1) is 0 Å².